The topological polar surface area (TPSA) is 63.1 Å². The lowest BCUT2D eigenvalue weighted by Crippen LogP contribution is -2.34. The highest BCUT2D eigenvalue weighted by Gasteiger charge is 2.32. The number of aryl methyl sites for hydroxylation is 1. The summed E-state index contributed by atoms with van der Waals surface area (Å²) in [7, 11) is 0. The summed E-state index contributed by atoms with van der Waals surface area (Å²) >= 11 is 1.50. The van der Waals surface area contributed by atoms with Crippen LogP contribution in [-0.4, -0.2) is 39.5 Å². The van der Waals surface area contributed by atoms with Crippen LogP contribution in [0, 0.1) is 5.92 Å². The number of hydrogen-bond donors (Lipinski definition) is 1. The van der Waals surface area contributed by atoms with Gasteiger partial charge in [0, 0.05) is 19.1 Å². The van der Waals surface area contributed by atoms with E-state index in [1.807, 2.05) is 6.92 Å². The molecule has 1 atom stereocenters. The predicted molar refractivity (Wildman–Crippen MR) is 122 cm³/mol. The van der Waals surface area contributed by atoms with Gasteiger partial charge in [0.15, 0.2) is 5.16 Å². The maximum atomic E-state index is 12.6. The number of benzene rings is 1. The number of amides is 1. The van der Waals surface area contributed by atoms with E-state index in [4.69, 9.17) is 0 Å². The number of rotatable bonds is 8. The molecule has 1 saturated heterocycles. The SMILES string of the molecule is CCc1ccc(C(C)NC(=O)CSc2nnc(N3CCC(C)CC3)n2C2CC2)cc1. The molecule has 2 aromatic rings. The average Bonchev–Trinajstić information content (AvgIpc) is 3.52. The Hall–Kier alpha value is -2.02. The zero-order valence-corrected chi connectivity index (χ0v) is 19.1. The number of nitrogens with one attached hydrogen (secondary N) is 1. The van der Waals surface area contributed by atoms with Gasteiger partial charge in [-0.1, -0.05) is 49.9 Å². The zero-order chi connectivity index (χ0) is 21.1. The largest absolute Gasteiger partial charge is 0.349 e. The first-order valence-corrected chi connectivity index (χ1v) is 12.2. The summed E-state index contributed by atoms with van der Waals surface area (Å²) in [6, 6.07) is 8.97. The first kappa shape index (κ1) is 21.2. The molecule has 30 heavy (non-hydrogen) atoms. The van der Waals surface area contributed by atoms with Gasteiger partial charge < -0.3 is 10.2 Å². The molecule has 1 aromatic heterocycles. The molecule has 1 unspecified atom stereocenters. The minimum absolute atomic E-state index is 0.00351. The number of aromatic nitrogens is 3. The summed E-state index contributed by atoms with van der Waals surface area (Å²) < 4.78 is 2.28. The van der Waals surface area contributed by atoms with E-state index in [0.29, 0.717) is 11.8 Å². The van der Waals surface area contributed by atoms with Gasteiger partial charge in [-0.3, -0.25) is 9.36 Å². The molecular weight excluding hydrogens is 394 g/mol. The van der Waals surface area contributed by atoms with Gasteiger partial charge in [-0.25, -0.2) is 0 Å². The minimum Gasteiger partial charge on any atom is -0.349 e. The van der Waals surface area contributed by atoms with Crippen molar-refractivity contribution in [2.45, 2.75) is 70.1 Å². The second kappa shape index (κ2) is 9.41. The normalized spacial score (nSPS) is 18.4. The van der Waals surface area contributed by atoms with Crippen molar-refractivity contribution in [3.8, 4) is 0 Å². The third-order valence-corrected chi connectivity index (χ3v) is 7.17. The smallest absolute Gasteiger partial charge is 0.230 e. The average molecular weight is 428 g/mol. The highest BCUT2D eigenvalue weighted by molar-refractivity contribution is 7.99. The number of carbonyl (C=O) groups excluding carboxylic acids is 1. The highest BCUT2D eigenvalue weighted by atomic mass is 32.2. The van der Waals surface area contributed by atoms with Crippen molar-refractivity contribution < 1.29 is 4.79 Å². The molecule has 2 heterocycles. The van der Waals surface area contributed by atoms with Crippen LogP contribution in [0.25, 0.3) is 0 Å². The van der Waals surface area contributed by atoms with Crippen LogP contribution >= 0.6 is 11.8 Å². The fourth-order valence-electron chi connectivity index (χ4n) is 3.98. The lowest BCUT2D eigenvalue weighted by molar-refractivity contribution is -0.119. The van der Waals surface area contributed by atoms with E-state index in [1.165, 1.54) is 43.0 Å². The monoisotopic (exact) mass is 427 g/mol. The molecule has 162 valence electrons. The van der Waals surface area contributed by atoms with Crippen LogP contribution in [0.15, 0.2) is 29.4 Å². The van der Waals surface area contributed by atoms with E-state index < -0.39 is 0 Å². The third kappa shape index (κ3) is 4.99. The van der Waals surface area contributed by atoms with Crippen LogP contribution in [0.1, 0.15) is 69.7 Å². The standard InChI is InChI=1S/C23H33N5OS/c1-4-18-5-7-19(8-6-18)17(3)24-21(29)15-30-23-26-25-22(28(23)20-9-10-20)27-13-11-16(2)12-14-27/h5-8,16-17,20H,4,9-15H2,1-3H3,(H,24,29). The number of carbonyl (C=O) groups is 1. The van der Waals surface area contributed by atoms with Gasteiger partial charge in [0.2, 0.25) is 11.9 Å². The Morgan fingerprint density at radius 1 is 1.17 bits per heavy atom. The molecule has 1 aromatic carbocycles. The van der Waals surface area contributed by atoms with Crippen LogP contribution in [0.5, 0.6) is 0 Å². The van der Waals surface area contributed by atoms with Gasteiger partial charge in [0.05, 0.1) is 11.8 Å². The number of thioether (sulfide) groups is 1. The molecular formula is C23H33N5OS. The van der Waals surface area contributed by atoms with Crippen molar-refractivity contribution in [3.63, 3.8) is 0 Å². The fraction of sp³-hybridized carbons (Fsp3) is 0.609. The quantitative estimate of drug-likeness (QED) is 0.634. The van der Waals surface area contributed by atoms with E-state index in [0.717, 1.165) is 42.1 Å². The lowest BCUT2D eigenvalue weighted by Gasteiger charge is -2.31. The summed E-state index contributed by atoms with van der Waals surface area (Å²) in [5.74, 6) is 2.18. The van der Waals surface area contributed by atoms with E-state index in [9.17, 15) is 4.79 Å². The Balaban J connectivity index is 1.35. The minimum atomic E-state index is -0.00351. The molecule has 0 spiro atoms. The summed E-state index contributed by atoms with van der Waals surface area (Å²) in [6.07, 6.45) is 5.80. The van der Waals surface area contributed by atoms with Crippen LogP contribution in [0.2, 0.25) is 0 Å². The molecule has 0 bridgehead atoms. The van der Waals surface area contributed by atoms with Crippen molar-refractivity contribution in [1.82, 2.24) is 20.1 Å². The van der Waals surface area contributed by atoms with Crippen molar-refractivity contribution in [2.75, 3.05) is 23.7 Å². The Morgan fingerprint density at radius 2 is 1.87 bits per heavy atom. The van der Waals surface area contributed by atoms with Crippen LogP contribution in [-0.2, 0) is 11.2 Å². The molecule has 0 radical (unpaired) electrons. The van der Waals surface area contributed by atoms with Crippen molar-refractivity contribution >= 4 is 23.6 Å². The first-order chi connectivity index (χ1) is 14.5. The fourth-order valence-corrected chi connectivity index (χ4v) is 4.79. The second-order valence-electron chi connectivity index (χ2n) is 8.73. The van der Waals surface area contributed by atoms with Gasteiger partial charge in [-0.15, -0.1) is 10.2 Å². The molecule has 6 nitrogen and oxygen atoms in total. The van der Waals surface area contributed by atoms with E-state index in [2.05, 4.69) is 63.1 Å². The predicted octanol–water partition coefficient (Wildman–Crippen LogP) is 4.38. The maximum absolute atomic E-state index is 12.6. The number of piperidine rings is 1. The molecule has 1 amide bonds. The van der Waals surface area contributed by atoms with Gasteiger partial charge in [-0.2, -0.15) is 0 Å². The van der Waals surface area contributed by atoms with Crippen molar-refractivity contribution in [1.29, 1.82) is 0 Å². The summed E-state index contributed by atoms with van der Waals surface area (Å²) in [5, 5.41) is 13.0. The Labute approximate surface area is 183 Å². The van der Waals surface area contributed by atoms with Gasteiger partial charge >= 0.3 is 0 Å². The Kier molecular flexibility index (Phi) is 6.66. The lowest BCUT2D eigenvalue weighted by atomic mass is 10.00. The molecule has 1 aliphatic heterocycles. The molecule has 2 fully saturated rings. The van der Waals surface area contributed by atoms with Crippen LogP contribution in [0.3, 0.4) is 0 Å². The Morgan fingerprint density at radius 3 is 2.50 bits per heavy atom. The van der Waals surface area contributed by atoms with Crippen LogP contribution < -0.4 is 10.2 Å². The Bertz CT molecular complexity index is 853. The zero-order valence-electron chi connectivity index (χ0n) is 18.3. The van der Waals surface area contributed by atoms with Crippen LogP contribution in [0.4, 0.5) is 5.95 Å². The van der Waals surface area contributed by atoms with Gasteiger partial charge in [-0.05, 0) is 56.1 Å². The third-order valence-electron chi connectivity index (χ3n) is 6.22. The summed E-state index contributed by atoms with van der Waals surface area (Å²) in [5.41, 5.74) is 2.44. The molecule has 1 aliphatic carbocycles. The van der Waals surface area contributed by atoms with Crippen molar-refractivity contribution in [3.05, 3.63) is 35.4 Å². The van der Waals surface area contributed by atoms with Gasteiger partial charge in [0.1, 0.15) is 0 Å². The van der Waals surface area contributed by atoms with E-state index in [1.54, 1.807) is 0 Å². The van der Waals surface area contributed by atoms with E-state index >= 15 is 0 Å². The molecule has 4 rings (SSSR count). The molecule has 1 N–H and O–H groups in total. The highest BCUT2D eigenvalue weighted by Crippen LogP contribution is 2.41. The molecule has 2 aliphatic rings. The number of anilines is 1. The number of hydrogen-bond acceptors (Lipinski definition) is 5. The van der Waals surface area contributed by atoms with Gasteiger partial charge in [0.25, 0.3) is 0 Å². The van der Waals surface area contributed by atoms with E-state index in [-0.39, 0.29) is 11.9 Å². The molecule has 1 saturated carbocycles. The first-order valence-electron chi connectivity index (χ1n) is 11.3. The molecule has 7 heteroatoms. The second-order valence-corrected chi connectivity index (χ2v) is 9.67. The number of nitrogens with zero attached hydrogens (tertiary/aromatic N) is 4. The summed E-state index contributed by atoms with van der Waals surface area (Å²) in [6.45, 7) is 8.60. The van der Waals surface area contributed by atoms with Crippen molar-refractivity contribution in [2.24, 2.45) is 5.92 Å². The summed E-state index contributed by atoms with van der Waals surface area (Å²) in [4.78, 5) is 14.9. The maximum Gasteiger partial charge on any atom is 0.230 e.